The lowest BCUT2D eigenvalue weighted by Gasteiger charge is -2.31. The summed E-state index contributed by atoms with van der Waals surface area (Å²) < 4.78 is 0. The lowest BCUT2D eigenvalue weighted by molar-refractivity contribution is -0.121. The quantitative estimate of drug-likeness (QED) is 0.361. The van der Waals surface area contributed by atoms with E-state index in [1.165, 1.54) is 10.5 Å². The van der Waals surface area contributed by atoms with Crippen molar-refractivity contribution in [1.29, 1.82) is 0 Å². The molecule has 1 N–H and O–H groups in total. The number of carbonyl (C=O) groups excluding carboxylic acids is 1. The van der Waals surface area contributed by atoms with E-state index in [0.717, 1.165) is 49.5 Å². The van der Waals surface area contributed by atoms with Crippen LogP contribution in [0, 0.1) is 5.92 Å². The van der Waals surface area contributed by atoms with Crippen LogP contribution in [0.15, 0.2) is 77.7 Å². The summed E-state index contributed by atoms with van der Waals surface area (Å²) in [7, 11) is 0. The zero-order chi connectivity index (χ0) is 22.3. The Hall–Kier alpha value is -1.98. The molecule has 166 valence electrons. The number of thioether (sulfide) groups is 1. The molecule has 0 atom stereocenters. The van der Waals surface area contributed by atoms with E-state index in [0.29, 0.717) is 10.0 Å². The standard InChI is InChI=1S/C26H26Cl2N2OS/c27-24-11-8-20(16-25(24)28)17-30-14-12-21(13-15-30)26(31)29-22-9-6-19(7-10-22)18-32-23-4-2-1-3-5-23/h1-11,16,21H,12-15,17-18H2,(H,29,31). The van der Waals surface area contributed by atoms with Crippen LogP contribution in [-0.4, -0.2) is 23.9 Å². The number of benzene rings is 3. The highest BCUT2D eigenvalue weighted by Crippen LogP contribution is 2.26. The van der Waals surface area contributed by atoms with Gasteiger partial charge >= 0.3 is 0 Å². The number of hydrogen-bond donors (Lipinski definition) is 1. The number of nitrogens with zero attached hydrogens (tertiary/aromatic N) is 1. The van der Waals surface area contributed by atoms with Gasteiger partial charge in [0, 0.05) is 28.8 Å². The molecule has 0 spiro atoms. The molecule has 1 saturated heterocycles. The molecule has 1 aliphatic rings. The zero-order valence-electron chi connectivity index (χ0n) is 17.8. The first-order valence-electron chi connectivity index (χ1n) is 10.8. The van der Waals surface area contributed by atoms with Gasteiger partial charge in [0.2, 0.25) is 5.91 Å². The Morgan fingerprint density at radius 1 is 0.906 bits per heavy atom. The van der Waals surface area contributed by atoms with Crippen molar-refractivity contribution in [2.45, 2.75) is 30.0 Å². The Bertz CT molecular complexity index is 1040. The van der Waals surface area contributed by atoms with Crippen LogP contribution in [-0.2, 0) is 17.1 Å². The van der Waals surface area contributed by atoms with Crippen LogP contribution in [0.25, 0.3) is 0 Å². The van der Waals surface area contributed by atoms with E-state index in [1.807, 2.05) is 48.2 Å². The smallest absolute Gasteiger partial charge is 0.227 e. The minimum atomic E-state index is 0.0494. The normalized spacial score (nSPS) is 14.9. The zero-order valence-corrected chi connectivity index (χ0v) is 20.1. The van der Waals surface area contributed by atoms with Gasteiger partial charge in [-0.1, -0.05) is 59.6 Å². The van der Waals surface area contributed by atoms with Crippen molar-refractivity contribution in [3.8, 4) is 0 Å². The minimum absolute atomic E-state index is 0.0494. The Kier molecular flexibility index (Phi) is 8.15. The molecule has 0 aliphatic carbocycles. The van der Waals surface area contributed by atoms with E-state index in [2.05, 4.69) is 46.6 Å². The van der Waals surface area contributed by atoms with E-state index < -0.39 is 0 Å². The van der Waals surface area contributed by atoms with Crippen molar-refractivity contribution >= 4 is 46.6 Å². The van der Waals surface area contributed by atoms with Gasteiger partial charge in [-0.25, -0.2) is 0 Å². The van der Waals surface area contributed by atoms with Crippen LogP contribution < -0.4 is 5.32 Å². The van der Waals surface area contributed by atoms with Crippen molar-refractivity contribution in [1.82, 2.24) is 4.90 Å². The van der Waals surface area contributed by atoms with Crippen LogP contribution in [0.2, 0.25) is 10.0 Å². The van der Waals surface area contributed by atoms with E-state index in [9.17, 15) is 4.79 Å². The Balaban J connectivity index is 1.22. The molecule has 4 rings (SSSR count). The van der Waals surface area contributed by atoms with Crippen LogP contribution in [0.4, 0.5) is 5.69 Å². The number of hydrogen-bond acceptors (Lipinski definition) is 3. The Labute approximate surface area is 204 Å². The third-order valence-electron chi connectivity index (χ3n) is 5.72. The highest BCUT2D eigenvalue weighted by atomic mass is 35.5. The second kappa shape index (κ2) is 11.2. The first-order valence-corrected chi connectivity index (χ1v) is 12.5. The number of anilines is 1. The van der Waals surface area contributed by atoms with E-state index in [1.54, 1.807) is 0 Å². The van der Waals surface area contributed by atoms with Gasteiger partial charge in [0.05, 0.1) is 10.0 Å². The summed E-state index contributed by atoms with van der Waals surface area (Å²) in [4.78, 5) is 16.4. The molecule has 1 amide bonds. The Morgan fingerprint density at radius 2 is 1.59 bits per heavy atom. The third kappa shape index (κ3) is 6.52. The molecule has 0 aromatic heterocycles. The average molecular weight is 485 g/mol. The van der Waals surface area contributed by atoms with Crippen LogP contribution in [0.1, 0.15) is 24.0 Å². The molecular weight excluding hydrogens is 459 g/mol. The van der Waals surface area contributed by atoms with Gasteiger partial charge in [0.15, 0.2) is 0 Å². The van der Waals surface area contributed by atoms with Crippen LogP contribution in [0.5, 0.6) is 0 Å². The van der Waals surface area contributed by atoms with Gasteiger partial charge < -0.3 is 5.32 Å². The summed E-state index contributed by atoms with van der Waals surface area (Å²) in [6.07, 6.45) is 1.72. The first-order chi connectivity index (χ1) is 15.6. The number of carbonyl (C=O) groups is 1. The van der Waals surface area contributed by atoms with Crippen molar-refractivity contribution in [2.24, 2.45) is 5.92 Å². The van der Waals surface area contributed by atoms with Crippen molar-refractivity contribution in [3.05, 3.63) is 94.0 Å². The van der Waals surface area contributed by atoms with Gasteiger partial charge in [0.1, 0.15) is 0 Å². The summed E-state index contributed by atoms with van der Waals surface area (Å²) in [6.45, 7) is 2.62. The lowest BCUT2D eigenvalue weighted by atomic mass is 9.95. The highest BCUT2D eigenvalue weighted by Gasteiger charge is 2.25. The Morgan fingerprint density at radius 3 is 2.28 bits per heavy atom. The number of halogens is 2. The van der Waals surface area contributed by atoms with Gasteiger partial charge in [-0.3, -0.25) is 9.69 Å². The van der Waals surface area contributed by atoms with Gasteiger partial charge in [-0.2, -0.15) is 0 Å². The molecular formula is C26H26Cl2N2OS. The fourth-order valence-electron chi connectivity index (χ4n) is 3.86. The van der Waals surface area contributed by atoms with Crippen LogP contribution in [0.3, 0.4) is 0 Å². The second-order valence-electron chi connectivity index (χ2n) is 8.09. The summed E-state index contributed by atoms with van der Waals surface area (Å²) in [6, 6.07) is 24.3. The molecule has 1 heterocycles. The van der Waals surface area contributed by atoms with Crippen LogP contribution >= 0.6 is 35.0 Å². The van der Waals surface area contributed by atoms with Crippen molar-refractivity contribution < 1.29 is 4.79 Å². The minimum Gasteiger partial charge on any atom is -0.326 e. The predicted molar refractivity (Wildman–Crippen MR) is 136 cm³/mol. The number of likely N-dealkylation sites (tertiary alicyclic amines) is 1. The van der Waals surface area contributed by atoms with Gasteiger partial charge in [-0.05, 0) is 73.5 Å². The number of amides is 1. The maximum atomic E-state index is 12.7. The second-order valence-corrected chi connectivity index (χ2v) is 9.95. The lowest BCUT2D eigenvalue weighted by Crippen LogP contribution is -2.37. The number of nitrogens with one attached hydrogen (secondary N) is 1. The predicted octanol–water partition coefficient (Wildman–Crippen LogP) is 7.14. The van der Waals surface area contributed by atoms with E-state index >= 15 is 0 Å². The summed E-state index contributed by atoms with van der Waals surface area (Å²) in [5.74, 6) is 1.08. The third-order valence-corrected chi connectivity index (χ3v) is 7.54. The molecule has 1 aliphatic heterocycles. The topological polar surface area (TPSA) is 32.3 Å². The molecule has 32 heavy (non-hydrogen) atoms. The summed E-state index contributed by atoms with van der Waals surface area (Å²) in [5, 5.41) is 4.26. The molecule has 0 bridgehead atoms. The fraction of sp³-hybridized carbons (Fsp3) is 0.269. The van der Waals surface area contributed by atoms with E-state index in [4.69, 9.17) is 23.2 Å². The number of rotatable bonds is 7. The summed E-state index contributed by atoms with van der Waals surface area (Å²) >= 11 is 13.9. The van der Waals surface area contributed by atoms with E-state index in [-0.39, 0.29) is 11.8 Å². The SMILES string of the molecule is O=C(Nc1ccc(CSc2ccccc2)cc1)C1CCN(Cc2ccc(Cl)c(Cl)c2)CC1. The van der Waals surface area contributed by atoms with Gasteiger partial charge in [0.25, 0.3) is 0 Å². The van der Waals surface area contributed by atoms with Crippen molar-refractivity contribution in [2.75, 3.05) is 18.4 Å². The summed E-state index contributed by atoms with van der Waals surface area (Å²) in [5.41, 5.74) is 3.25. The molecule has 6 heteroatoms. The molecule has 3 aromatic carbocycles. The molecule has 0 unspecified atom stereocenters. The fourth-order valence-corrected chi connectivity index (χ4v) is 5.06. The maximum absolute atomic E-state index is 12.7. The van der Waals surface area contributed by atoms with Crippen molar-refractivity contribution in [3.63, 3.8) is 0 Å². The molecule has 3 aromatic rings. The molecule has 1 fully saturated rings. The molecule has 3 nitrogen and oxygen atoms in total. The molecule has 0 radical (unpaired) electrons. The van der Waals surface area contributed by atoms with Gasteiger partial charge in [-0.15, -0.1) is 11.8 Å². The first kappa shape index (κ1) is 23.2. The molecule has 0 saturated carbocycles. The highest BCUT2D eigenvalue weighted by molar-refractivity contribution is 7.98. The largest absolute Gasteiger partial charge is 0.326 e. The monoisotopic (exact) mass is 484 g/mol. The number of piperidine rings is 1. The maximum Gasteiger partial charge on any atom is 0.227 e. The average Bonchev–Trinajstić information content (AvgIpc) is 2.82.